The van der Waals surface area contributed by atoms with Gasteiger partial charge >= 0.3 is 0 Å². The minimum absolute atomic E-state index is 0.0941. The maximum absolute atomic E-state index is 14.7. The van der Waals surface area contributed by atoms with Crippen LogP contribution in [0.5, 0.6) is 5.75 Å². The van der Waals surface area contributed by atoms with Crippen molar-refractivity contribution < 1.29 is 19.1 Å². The minimum Gasteiger partial charge on any atom is -0.484 e. The van der Waals surface area contributed by atoms with Crippen LogP contribution in [-0.2, 0) is 9.59 Å². The molecule has 2 fully saturated rings. The fraction of sp³-hybridized carbons (Fsp3) is 0.270. The molecule has 0 aromatic heterocycles. The molecule has 4 atom stereocenters. The van der Waals surface area contributed by atoms with Gasteiger partial charge in [-0.05, 0) is 30.2 Å². The van der Waals surface area contributed by atoms with Gasteiger partial charge in [0.15, 0.2) is 12.4 Å². The lowest BCUT2D eigenvalue weighted by Gasteiger charge is -2.36. The average molecular weight is 588 g/mol. The molecular formula is C37H37N3O4. The predicted molar refractivity (Wildman–Crippen MR) is 169 cm³/mol. The summed E-state index contributed by atoms with van der Waals surface area (Å²) in [4.78, 5) is 47.3. The Hall–Kier alpha value is -4.75. The molecule has 0 bridgehead atoms. The van der Waals surface area contributed by atoms with Gasteiger partial charge in [0.1, 0.15) is 11.8 Å². The van der Waals surface area contributed by atoms with Crippen molar-refractivity contribution >= 4 is 17.6 Å². The van der Waals surface area contributed by atoms with Gasteiger partial charge in [-0.1, -0.05) is 109 Å². The summed E-state index contributed by atoms with van der Waals surface area (Å²) >= 11 is 0. The molecule has 4 unspecified atom stereocenters. The van der Waals surface area contributed by atoms with Crippen molar-refractivity contribution in [2.75, 3.05) is 32.8 Å². The smallest absolute Gasteiger partial charge is 0.261 e. The highest BCUT2D eigenvalue weighted by Crippen LogP contribution is 2.51. The Balaban J connectivity index is 1.53. The van der Waals surface area contributed by atoms with Gasteiger partial charge in [0.25, 0.3) is 5.91 Å². The quantitative estimate of drug-likeness (QED) is 0.292. The van der Waals surface area contributed by atoms with E-state index in [1.807, 2.05) is 115 Å². The molecule has 4 aromatic rings. The summed E-state index contributed by atoms with van der Waals surface area (Å²) in [5.74, 6) is -1.29. The number of hydrogen-bond acceptors (Lipinski definition) is 5. The number of para-hydroxylation sites is 1. The third kappa shape index (κ3) is 6.01. The van der Waals surface area contributed by atoms with Crippen molar-refractivity contribution in [1.82, 2.24) is 15.1 Å². The van der Waals surface area contributed by atoms with Gasteiger partial charge in [0.05, 0.1) is 12.0 Å². The number of nitrogens with one attached hydrogen (secondary N) is 1. The number of likely N-dealkylation sites (tertiary alicyclic amines) is 1. The number of aryl methyl sites for hydroxylation is 1. The summed E-state index contributed by atoms with van der Waals surface area (Å²) in [5.41, 5.74) is 3.24. The Morgan fingerprint density at radius 2 is 1.39 bits per heavy atom. The van der Waals surface area contributed by atoms with Gasteiger partial charge in [-0.2, -0.15) is 0 Å². The standard InChI is InChI=1S/C37H37N3O4/c1-26-12-11-17-29(24-26)34-33(36(42)28-15-7-3-8-16-28)32(27-13-5-2-6-14-27)35(37(43)39-22-20-38-21-23-39)40(34)31(41)25-44-30-18-9-4-10-19-30/h2-19,24,32-35,38H,20-23,25H2,1H3. The van der Waals surface area contributed by atoms with Crippen LogP contribution in [0.4, 0.5) is 0 Å². The molecule has 4 aromatic carbocycles. The van der Waals surface area contributed by atoms with E-state index < -0.39 is 23.9 Å². The highest BCUT2D eigenvalue weighted by atomic mass is 16.5. The maximum atomic E-state index is 14.7. The molecule has 0 saturated carbocycles. The number of ketones is 1. The van der Waals surface area contributed by atoms with E-state index in [4.69, 9.17) is 4.74 Å². The Morgan fingerprint density at radius 1 is 0.773 bits per heavy atom. The van der Waals surface area contributed by atoms with Crippen LogP contribution >= 0.6 is 0 Å². The molecule has 2 aliphatic rings. The molecule has 2 amide bonds. The Bertz CT molecular complexity index is 1590. The van der Waals surface area contributed by atoms with Crippen molar-refractivity contribution in [3.05, 3.63) is 138 Å². The third-order valence-corrected chi connectivity index (χ3v) is 8.67. The fourth-order valence-corrected chi connectivity index (χ4v) is 6.69. The van der Waals surface area contributed by atoms with Gasteiger partial charge < -0.3 is 19.9 Å². The van der Waals surface area contributed by atoms with Gasteiger partial charge in [-0.25, -0.2) is 0 Å². The number of hydrogen-bond donors (Lipinski definition) is 1. The number of benzene rings is 4. The molecule has 0 spiro atoms. The van der Waals surface area contributed by atoms with E-state index in [-0.39, 0.29) is 24.2 Å². The van der Waals surface area contributed by atoms with Crippen molar-refractivity contribution in [3.63, 3.8) is 0 Å². The Labute approximate surface area is 258 Å². The molecule has 0 aliphatic carbocycles. The number of piperazine rings is 1. The van der Waals surface area contributed by atoms with E-state index in [0.717, 1.165) is 16.7 Å². The first-order valence-corrected chi connectivity index (χ1v) is 15.2. The number of ether oxygens (including phenoxy) is 1. The van der Waals surface area contributed by atoms with Gasteiger partial charge in [-0.15, -0.1) is 0 Å². The van der Waals surface area contributed by atoms with Crippen LogP contribution < -0.4 is 10.1 Å². The second kappa shape index (κ2) is 13.3. The van der Waals surface area contributed by atoms with Crippen molar-refractivity contribution in [2.45, 2.75) is 24.9 Å². The van der Waals surface area contributed by atoms with E-state index in [1.54, 1.807) is 17.0 Å². The van der Waals surface area contributed by atoms with Crippen molar-refractivity contribution in [2.24, 2.45) is 5.92 Å². The fourth-order valence-electron chi connectivity index (χ4n) is 6.69. The minimum atomic E-state index is -0.898. The molecule has 224 valence electrons. The summed E-state index contributed by atoms with van der Waals surface area (Å²) in [6, 6.07) is 34.4. The van der Waals surface area contributed by atoms with Crippen molar-refractivity contribution in [3.8, 4) is 5.75 Å². The number of rotatable bonds is 8. The van der Waals surface area contributed by atoms with Gasteiger partial charge in [-0.3, -0.25) is 14.4 Å². The number of carbonyl (C=O) groups excluding carboxylic acids is 3. The Kier molecular flexibility index (Phi) is 8.84. The van der Waals surface area contributed by atoms with Crippen LogP contribution in [0.3, 0.4) is 0 Å². The molecule has 6 rings (SSSR count). The SMILES string of the molecule is Cc1cccc(C2C(C(=O)c3ccccc3)C(c3ccccc3)C(C(=O)N3CCNCC3)N2C(=O)COc2ccccc2)c1. The van der Waals surface area contributed by atoms with E-state index in [0.29, 0.717) is 37.5 Å². The van der Waals surface area contributed by atoms with Crippen LogP contribution in [0.1, 0.15) is 39.0 Å². The zero-order valence-corrected chi connectivity index (χ0v) is 24.8. The van der Waals surface area contributed by atoms with E-state index >= 15 is 0 Å². The normalized spacial score (nSPS) is 21.6. The van der Waals surface area contributed by atoms with Crippen LogP contribution in [0.2, 0.25) is 0 Å². The molecule has 1 N–H and O–H groups in total. The number of Topliss-reactive ketones (excluding diaryl/α,β-unsaturated/α-hetero) is 1. The highest BCUT2D eigenvalue weighted by molar-refractivity contribution is 6.02. The molecule has 7 nitrogen and oxygen atoms in total. The van der Waals surface area contributed by atoms with E-state index in [2.05, 4.69) is 5.32 Å². The van der Waals surface area contributed by atoms with E-state index in [1.165, 1.54) is 0 Å². The number of nitrogens with zero attached hydrogens (tertiary/aromatic N) is 2. The first-order chi connectivity index (χ1) is 21.5. The predicted octanol–water partition coefficient (Wildman–Crippen LogP) is 5.04. The molecule has 2 saturated heterocycles. The monoisotopic (exact) mass is 587 g/mol. The molecule has 0 radical (unpaired) electrons. The molecule has 7 heteroatoms. The van der Waals surface area contributed by atoms with Crippen LogP contribution in [-0.4, -0.2) is 66.2 Å². The van der Waals surface area contributed by atoms with Crippen LogP contribution in [0.15, 0.2) is 115 Å². The lowest BCUT2D eigenvalue weighted by atomic mass is 9.75. The lowest BCUT2D eigenvalue weighted by molar-refractivity contribution is -0.147. The molecular weight excluding hydrogens is 550 g/mol. The summed E-state index contributed by atoms with van der Waals surface area (Å²) in [5, 5.41) is 3.32. The largest absolute Gasteiger partial charge is 0.484 e. The number of amides is 2. The lowest BCUT2D eigenvalue weighted by Crippen LogP contribution is -2.55. The summed E-state index contributed by atoms with van der Waals surface area (Å²) in [7, 11) is 0. The van der Waals surface area contributed by atoms with Crippen LogP contribution in [0, 0.1) is 12.8 Å². The zero-order chi connectivity index (χ0) is 30.5. The third-order valence-electron chi connectivity index (χ3n) is 8.67. The second-order valence-electron chi connectivity index (χ2n) is 11.5. The molecule has 2 aliphatic heterocycles. The van der Waals surface area contributed by atoms with E-state index in [9.17, 15) is 14.4 Å². The number of carbonyl (C=O) groups is 3. The maximum Gasteiger partial charge on any atom is 0.261 e. The highest BCUT2D eigenvalue weighted by Gasteiger charge is 2.58. The zero-order valence-electron chi connectivity index (χ0n) is 24.8. The molecule has 44 heavy (non-hydrogen) atoms. The first kappa shape index (κ1) is 29.3. The average Bonchev–Trinajstić information content (AvgIpc) is 3.44. The second-order valence-corrected chi connectivity index (χ2v) is 11.5. The van der Waals surface area contributed by atoms with Gasteiger partial charge in [0, 0.05) is 37.7 Å². The summed E-state index contributed by atoms with van der Waals surface area (Å²) in [6.07, 6.45) is 0. The summed E-state index contributed by atoms with van der Waals surface area (Å²) < 4.78 is 5.97. The van der Waals surface area contributed by atoms with Crippen LogP contribution in [0.25, 0.3) is 0 Å². The summed E-state index contributed by atoms with van der Waals surface area (Å²) in [6.45, 7) is 4.15. The first-order valence-electron chi connectivity index (χ1n) is 15.2. The Morgan fingerprint density at radius 3 is 2.05 bits per heavy atom. The molecule has 2 heterocycles. The van der Waals surface area contributed by atoms with Crippen molar-refractivity contribution in [1.29, 1.82) is 0 Å². The van der Waals surface area contributed by atoms with Gasteiger partial charge in [0.2, 0.25) is 5.91 Å². The topological polar surface area (TPSA) is 79.0 Å².